The first-order valence-corrected chi connectivity index (χ1v) is 11.2. The van der Waals surface area contributed by atoms with Crippen LogP contribution in [0.1, 0.15) is 30.0 Å². The van der Waals surface area contributed by atoms with Crippen molar-refractivity contribution >= 4 is 5.91 Å². The summed E-state index contributed by atoms with van der Waals surface area (Å²) in [4.78, 5) is 19.8. The van der Waals surface area contributed by atoms with Gasteiger partial charge in [0.1, 0.15) is 11.5 Å². The van der Waals surface area contributed by atoms with Crippen molar-refractivity contribution in [1.82, 2.24) is 14.7 Å². The van der Waals surface area contributed by atoms with Crippen LogP contribution >= 0.6 is 0 Å². The van der Waals surface area contributed by atoms with Crippen LogP contribution < -0.4 is 9.47 Å². The Bertz CT molecular complexity index is 866. The predicted octanol–water partition coefficient (Wildman–Crippen LogP) is 3.19. The molecule has 166 valence electrons. The summed E-state index contributed by atoms with van der Waals surface area (Å²) in [5.74, 6) is 1.85. The van der Waals surface area contributed by atoms with Crippen LogP contribution in [0, 0.1) is 0 Å². The van der Waals surface area contributed by atoms with E-state index in [4.69, 9.17) is 9.47 Å². The van der Waals surface area contributed by atoms with Gasteiger partial charge in [-0.25, -0.2) is 0 Å². The molecule has 4 rings (SSSR count). The van der Waals surface area contributed by atoms with E-state index >= 15 is 0 Å². The van der Waals surface area contributed by atoms with Crippen LogP contribution in [0.15, 0.2) is 48.5 Å². The SMILES string of the molecule is COc1ccc(C2CCCN2CC(=O)N2CCN(Cc3ccccc3)CC2)c(OC)c1. The van der Waals surface area contributed by atoms with Gasteiger partial charge in [-0.2, -0.15) is 0 Å². The maximum Gasteiger partial charge on any atom is 0.236 e. The first kappa shape index (κ1) is 21.7. The number of carbonyl (C=O) groups excluding carboxylic acids is 1. The Morgan fingerprint density at radius 1 is 0.968 bits per heavy atom. The maximum atomic E-state index is 13.1. The molecule has 31 heavy (non-hydrogen) atoms. The molecule has 6 heteroatoms. The molecule has 0 N–H and O–H groups in total. The zero-order valence-corrected chi connectivity index (χ0v) is 18.6. The molecule has 2 aromatic rings. The zero-order valence-electron chi connectivity index (χ0n) is 18.6. The molecular weight excluding hydrogens is 390 g/mol. The zero-order chi connectivity index (χ0) is 21.6. The molecule has 0 spiro atoms. The third-order valence-corrected chi connectivity index (χ3v) is 6.48. The second-order valence-electron chi connectivity index (χ2n) is 8.38. The first-order chi connectivity index (χ1) is 15.2. The average Bonchev–Trinajstić information content (AvgIpc) is 3.27. The van der Waals surface area contributed by atoms with Crippen molar-refractivity contribution < 1.29 is 14.3 Å². The van der Waals surface area contributed by atoms with E-state index in [1.165, 1.54) is 5.56 Å². The van der Waals surface area contributed by atoms with E-state index in [1.807, 2.05) is 23.1 Å². The highest BCUT2D eigenvalue weighted by Gasteiger charge is 2.31. The summed E-state index contributed by atoms with van der Waals surface area (Å²) in [6.07, 6.45) is 2.14. The highest BCUT2D eigenvalue weighted by Crippen LogP contribution is 2.38. The highest BCUT2D eigenvalue weighted by molar-refractivity contribution is 5.78. The topological polar surface area (TPSA) is 45.2 Å². The van der Waals surface area contributed by atoms with Gasteiger partial charge < -0.3 is 14.4 Å². The van der Waals surface area contributed by atoms with E-state index in [9.17, 15) is 4.79 Å². The molecule has 2 fully saturated rings. The van der Waals surface area contributed by atoms with E-state index in [2.05, 4.69) is 40.1 Å². The first-order valence-electron chi connectivity index (χ1n) is 11.2. The molecule has 2 heterocycles. The van der Waals surface area contributed by atoms with Crippen LogP contribution in [0.4, 0.5) is 0 Å². The summed E-state index contributed by atoms with van der Waals surface area (Å²) in [5.41, 5.74) is 2.47. The van der Waals surface area contributed by atoms with E-state index in [0.29, 0.717) is 6.54 Å². The minimum atomic E-state index is 0.212. The number of hydrogen-bond donors (Lipinski definition) is 0. The predicted molar refractivity (Wildman–Crippen MR) is 121 cm³/mol. The summed E-state index contributed by atoms with van der Waals surface area (Å²) in [7, 11) is 3.35. The number of ether oxygens (including phenoxy) is 2. The van der Waals surface area contributed by atoms with E-state index in [1.54, 1.807) is 14.2 Å². The highest BCUT2D eigenvalue weighted by atomic mass is 16.5. The summed E-state index contributed by atoms with van der Waals surface area (Å²) in [5, 5.41) is 0. The smallest absolute Gasteiger partial charge is 0.236 e. The van der Waals surface area contributed by atoms with Gasteiger partial charge in [0.05, 0.1) is 20.8 Å². The maximum absolute atomic E-state index is 13.1. The molecule has 1 amide bonds. The second kappa shape index (κ2) is 10.2. The van der Waals surface area contributed by atoms with Crippen LogP contribution in [-0.2, 0) is 11.3 Å². The fourth-order valence-corrected chi connectivity index (χ4v) is 4.73. The van der Waals surface area contributed by atoms with Gasteiger partial charge in [0.2, 0.25) is 5.91 Å². The molecule has 1 atom stereocenters. The number of methoxy groups -OCH3 is 2. The molecule has 0 saturated carbocycles. The molecule has 0 aliphatic carbocycles. The Kier molecular flexibility index (Phi) is 7.10. The van der Waals surface area contributed by atoms with Crippen molar-refractivity contribution in [3.8, 4) is 11.5 Å². The monoisotopic (exact) mass is 423 g/mol. The van der Waals surface area contributed by atoms with Gasteiger partial charge >= 0.3 is 0 Å². The van der Waals surface area contributed by atoms with Gasteiger partial charge in [0, 0.05) is 50.4 Å². The molecule has 2 aliphatic rings. The third kappa shape index (κ3) is 5.20. The number of nitrogens with zero attached hydrogens (tertiary/aromatic N) is 3. The van der Waals surface area contributed by atoms with E-state index < -0.39 is 0 Å². The lowest BCUT2D eigenvalue weighted by molar-refractivity contribution is -0.134. The number of likely N-dealkylation sites (tertiary alicyclic amines) is 1. The van der Waals surface area contributed by atoms with Crippen molar-refractivity contribution in [3.63, 3.8) is 0 Å². The van der Waals surface area contributed by atoms with Crippen LogP contribution in [0.5, 0.6) is 11.5 Å². The van der Waals surface area contributed by atoms with Crippen LogP contribution in [0.25, 0.3) is 0 Å². The molecule has 0 radical (unpaired) electrons. The van der Waals surface area contributed by atoms with Crippen molar-refractivity contribution in [1.29, 1.82) is 0 Å². The van der Waals surface area contributed by atoms with Gasteiger partial charge in [-0.1, -0.05) is 36.4 Å². The lowest BCUT2D eigenvalue weighted by Crippen LogP contribution is -2.50. The number of benzene rings is 2. The van der Waals surface area contributed by atoms with Gasteiger partial charge in [-0.05, 0) is 31.0 Å². The number of amides is 1. The van der Waals surface area contributed by atoms with Crippen molar-refractivity contribution in [2.45, 2.75) is 25.4 Å². The van der Waals surface area contributed by atoms with Gasteiger partial charge in [-0.15, -0.1) is 0 Å². The number of hydrogen-bond acceptors (Lipinski definition) is 5. The Morgan fingerprint density at radius 2 is 1.74 bits per heavy atom. The Labute approximate surface area is 185 Å². The number of piperazine rings is 1. The fourth-order valence-electron chi connectivity index (χ4n) is 4.73. The molecule has 0 bridgehead atoms. The normalized spacial score (nSPS) is 20.1. The van der Waals surface area contributed by atoms with Crippen LogP contribution in [-0.4, -0.2) is 74.1 Å². The lowest BCUT2D eigenvalue weighted by Gasteiger charge is -2.36. The molecule has 1 unspecified atom stereocenters. The Balaban J connectivity index is 1.33. The Hall–Kier alpha value is -2.57. The van der Waals surface area contributed by atoms with E-state index in [-0.39, 0.29) is 11.9 Å². The van der Waals surface area contributed by atoms with Gasteiger partial charge in [0.25, 0.3) is 0 Å². The molecule has 2 saturated heterocycles. The molecule has 0 aromatic heterocycles. The molecular formula is C25H33N3O3. The molecule has 6 nitrogen and oxygen atoms in total. The van der Waals surface area contributed by atoms with Crippen LogP contribution in [0.2, 0.25) is 0 Å². The summed E-state index contributed by atoms with van der Waals surface area (Å²) in [6, 6.07) is 16.7. The quantitative estimate of drug-likeness (QED) is 0.685. The van der Waals surface area contributed by atoms with Gasteiger partial charge in [-0.3, -0.25) is 14.6 Å². The summed E-state index contributed by atoms with van der Waals surface area (Å²) in [6.45, 7) is 5.82. The second-order valence-corrected chi connectivity index (χ2v) is 8.38. The standard InChI is InChI=1S/C25H33N3O3/c1-30-21-10-11-22(24(17-21)31-2)23-9-6-12-28(23)19-25(29)27-15-13-26(14-16-27)18-20-7-4-3-5-8-20/h3-5,7-8,10-11,17,23H,6,9,12-16,18-19H2,1-2H3. The number of rotatable bonds is 7. The minimum absolute atomic E-state index is 0.212. The number of carbonyl (C=O) groups is 1. The fraction of sp³-hybridized carbons (Fsp3) is 0.480. The van der Waals surface area contributed by atoms with Crippen molar-refractivity contribution in [2.75, 3.05) is 53.5 Å². The third-order valence-electron chi connectivity index (χ3n) is 6.48. The summed E-state index contributed by atoms with van der Waals surface area (Å²) >= 11 is 0. The van der Waals surface area contributed by atoms with E-state index in [0.717, 1.165) is 69.2 Å². The van der Waals surface area contributed by atoms with Gasteiger partial charge in [0.15, 0.2) is 0 Å². The van der Waals surface area contributed by atoms with Crippen molar-refractivity contribution in [3.05, 3.63) is 59.7 Å². The van der Waals surface area contributed by atoms with Crippen molar-refractivity contribution in [2.24, 2.45) is 0 Å². The molecule has 2 aromatic carbocycles. The Morgan fingerprint density at radius 3 is 2.45 bits per heavy atom. The van der Waals surface area contributed by atoms with Crippen LogP contribution in [0.3, 0.4) is 0 Å². The molecule has 2 aliphatic heterocycles. The lowest BCUT2D eigenvalue weighted by atomic mass is 10.0. The largest absolute Gasteiger partial charge is 0.497 e. The average molecular weight is 424 g/mol. The minimum Gasteiger partial charge on any atom is -0.497 e. The summed E-state index contributed by atoms with van der Waals surface area (Å²) < 4.78 is 11.0.